The van der Waals surface area contributed by atoms with E-state index in [2.05, 4.69) is 148 Å². The summed E-state index contributed by atoms with van der Waals surface area (Å²) < 4.78 is 6.80. The Morgan fingerprint density at radius 1 is 0.568 bits per heavy atom. The van der Waals surface area contributed by atoms with Gasteiger partial charge < -0.3 is 0 Å². The minimum atomic E-state index is -3.13. The Balaban J connectivity index is 1.50. The first-order chi connectivity index (χ1) is 21.0. The molecule has 0 radical (unpaired) electrons. The van der Waals surface area contributed by atoms with Crippen LogP contribution in [0.5, 0.6) is 0 Å². The molecule has 7 rings (SSSR count). The summed E-state index contributed by atoms with van der Waals surface area (Å²) in [5.41, 5.74) is 18.1. The predicted molar refractivity (Wildman–Crippen MR) is 188 cm³/mol. The van der Waals surface area contributed by atoms with Gasteiger partial charge in [0.15, 0.2) is 0 Å². The van der Waals surface area contributed by atoms with Gasteiger partial charge in [-0.1, -0.05) is 0 Å². The van der Waals surface area contributed by atoms with Crippen molar-refractivity contribution in [1.82, 2.24) is 0 Å². The van der Waals surface area contributed by atoms with Crippen LogP contribution in [0.3, 0.4) is 0 Å². The van der Waals surface area contributed by atoms with Gasteiger partial charge in [-0.15, -0.1) is 0 Å². The van der Waals surface area contributed by atoms with Crippen molar-refractivity contribution in [3.8, 4) is 22.3 Å². The third-order valence-corrected chi connectivity index (χ3v) is 26.1. The number of benzene rings is 4. The van der Waals surface area contributed by atoms with Crippen LogP contribution in [0, 0.1) is 31.1 Å². The molecule has 224 valence electrons. The second-order valence-electron chi connectivity index (χ2n) is 15.5. The zero-order valence-electron chi connectivity index (χ0n) is 28.0. The van der Waals surface area contributed by atoms with Gasteiger partial charge in [0.1, 0.15) is 0 Å². The number of hydrogen-bond acceptors (Lipinski definition) is 0. The van der Waals surface area contributed by atoms with E-state index in [1.54, 1.807) is 22.3 Å². The van der Waals surface area contributed by atoms with Crippen molar-refractivity contribution < 1.29 is 20.0 Å². The number of fused-ring (bicyclic) bond motifs is 6. The molecule has 0 N–H and O–H groups in total. The Morgan fingerprint density at radius 2 is 0.955 bits per heavy atom. The zero-order valence-corrected chi connectivity index (χ0v) is 31.6. The topological polar surface area (TPSA) is 0 Å². The quantitative estimate of drug-likeness (QED) is 0.173. The molecule has 4 aromatic carbocycles. The van der Waals surface area contributed by atoms with E-state index in [4.69, 9.17) is 0 Å². The van der Waals surface area contributed by atoms with E-state index < -0.39 is 20.0 Å². The Hall–Kier alpha value is -2.77. The van der Waals surface area contributed by atoms with Crippen molar-refractivity contribution in [2.75, 3.05) is 0 Å². The first kappa shape index (κ1) is 29.9. The summed E-state index contributed by atoms with van der Waals surface area (Å²) in [5, 5.41) is 0. The van der Waals surface area contributed by atoms with Crippen LogP contribution in [0.2, 0.25) is 9.36 Å². The molecule has 1 heteroatoms. The summed E-state index contributed by atoms with van der Waals surface area (Å²) in [6.07, 6.45) is 7.90. The second kappa shape index (κ2) is 10.9. The molecule has 0 bridgehead atoms. The molecule has 3 aliphatic rings. The molecule has 1 saturated heterocycles. The minimum absolute atomic E-state index is 0.0836. The van der Waals surface area contributed by atoms with Crippen LogP contribution in [-0.2, 0) is 20.0 Å². The third kappa shape index (κ3) is 4.63. The summed E-state index contributed by atoms with van der Waals surface area (Å²) in [5.74, 6) is 1.24. The molecule has 1 fully saturated rings. The summed E-state index contributed by atoms with van der Waals surface area (Å²) in [6, 6.07) is 32.9. The predicted octanol–water partition coefficient (Wildman–Crippen LogP) is 12.6. The van der Waals surface area contributed by atoms with Crippen LogP contribution in [0.1, 0.15) is 81.3 Å². The monoisotopic (exact) mass is 744 g/mol. The fourth-order valence-corrected chi connectivity index (χ4v) is 26.6. The number of aryl methyl sites for hydroxylation is 2. The van der Waals surface area contributed by atoms with Gasteiger partial charge in [-0.25, -0.2) is 0 Å². The van der Waals surface area contributed by atoms with Crippen LogP contribution in [0.25, 0.3) is 34.4 Å². The van der Waals surface area contributed by atoms with Crippen molar-refractivity contribution in [3.63, 3.8) is 0 Å². The molecule has 0 saturated carbocycles. The van der Waals surface area contributed by atoms with Gasteiger partial charge in [0.05, 0.1) is 0 Å². The van der Waals surface area contributed by atoms with Gasteiger partial charge in [-0.05, 0) is 0 Å². The van der Waals surface area contributed by atoms with Crippen molar-refractivity contribution >= 4 is 12.2 Å². The average molecular weight is 743 g/mol. The molecule has 0 aromatic heterocycles. The van der Waals surface area contributed by atoms with Crippen LogP contribution < -0.4 is 0 Å². The van der Waals surface area contributed by atoms with Gasteiger partial charge in [0, 0.05) is 0 Å². The van der Waals surface area contributed by atoms with Crippen molar-refractivity contribution in [1.29, 1.82) is 0 Å². The average Bonchev–Trinajstić information content (AvgIpc) is 3.58. The summed E-state index contributed by atoms with van der Waals surface area (Å²) in [6.45, 7) is 14.2. The van der Waals surface area contributed by atoms with E-state index >= 15 is 0 Å². The molecule has 2 aliphatic carbocycles. The first-order valence-electron chi connectivity index (χ1n) is 16.9. The van der Waals surface area contributed by atoms with Gasteiger partial charge in [-0.3, -0.25) is 0 Å². The Kier molecular flexibility index (Phi) is 7.44. The van der Waals surface area contributed by atoms with E-state index in [0.717, 1.165) is 0 Å². The summed E-state index contributed by atoms with van der Waals surface area (Å²) in [4.78, 5) is 0. The Morgan fingerprint density at radius 3 is 1.32 bits per heavy atom. The molecule has 2 atom stereocenters. The Labute approximate surface area is 270 Å². The molecular formula is C43H48Hf. The van der Waals surface area contributed by atoms with Gasteiger partial charge in [-0.2, -0.15) is 0 Å². The maximum absolute atomic E-state index is 3.13. The molecule has 4 aromatic rings. The van der Waals surface area contributed by atoms with Crippen molar-refractivity contribution in [2.24, 2.45) is 17.3 Å². The molecule has 44 heavy (non-hydrogen) atoms. The fraction of sp³-hybridized carbons (Fsp3) is 0.349. The first-order valence-corrected chi connectivity index (χ1v) is 28.2. The van der Waals surface area contributed by atoms with E-state index in [1.165, 1.54) is 57.3 Å². The molecule has 0 spiro atoms. The van der Waals surface area contributed by atoms with Crippen LogP contribution in [0.4, 0.5) is 0 Å². The summed E-state index contributed by atoms with van der Waals surface area (Å²) >= 11 is -3.13. The standard InChI is InChI=1S/C41H42.2CH3.Hf/c1-27(2)25-41(26-28(3)4,35-21-33-9-7-11-37(39(33)23-35)31-17-13-29(5)14-18-31)36-22-34-10-8-12-38(40(34)24-36)32-19-15-30(6)16-20-32;;;/h7-24,27-28H,25-26H2,1-6H3;2*1H3;. The van der Waals surface area contributed by atoms with Gasteiger partial charge >= 0.3 is 272 Å². The summed E-state index contributed by atoms with van der Waals surface area (Å²) in [7, 11) is 0. The van der Waals surface area contributed by atoms with E-state index in [1.807, 2.05) is 0 Å². The third-order valence-electron chi connectivity index (χ3n) is 11.0. The van der Waals surface area contributed by atoms with Crippen LogP contribution in [-0.4, -0.2) is 0 Å². The van der Waals surface area contributed by atoms with E-state index in [0.29, 0.717) is 19.2 Å². The Bertz CT molecular complexity index is 1660. The second-order valence-corrected chi connectivity index (χ2v) is 32.7. The molecule has 0 amide bonds. The van der Waals surface area contributed by atoms with Crippen molar-refractivity contribution in [3.05, 3.63) is 129 Å². The molecule has 2 unspecified atom stereocenters. The molecule has 1 heterocycles. The number of hydrogen-bond donors (Lipinski definition) is 0. The van der Waals surface area contributed by atoms with Crippen molar-refractivity contribution in [2.45, 2.75) is 71.1 Å². The number of rotatable bonds is 6. The number of allylic oxidation sites excluding steroid dienone is 2. The van der Waals surface area contributed by atoms with E-state index in [-0.39, 0.29) is 5.41 Å². The fourth-order valence-electron chi connectivity index (χ4n) is 9.49. The normalized spacial score (nSPS) is 20.6. The van der Waals surface area contributed by atoms with Gasteiger partial charge in [0.25, 0.3) is 0 Å². The SMILES string of the molecule is Cc1ccc(-c2cccc3c2C=C2[CH]3[Hf]([CH3])([CH3])[CH]3C(=Cc4c(-c5ccc(C)cc5)cccc43)C2(CC(C)C)CC(C)C)cc1. The van der Waals surface area contributed by atoms with E-state index in [9.17, 15) is 0 Å². The van der Waals surface area contributed by atoms with Gasteiger partial charge in [0.2, 0.25) is 0 Å². The maximum atomic E-state index is 2.79. The zero-order chi connectivity index (χ0) is 31.0. The molecule has 1 aliphatic heterocycles. The van der Waals surface area contributed by atoms with Crippen LogP contribution >= 0.6 is 0 Å². The molecule has 0 nitrogen and oxygen atoms in total. The van der Waals surface area contributed by atoms with Crippen LogP contribution in [0.15, 0.2) is 96.1 Å². The molecular weight excluding hydrogens is 695 g/mol.